The number of carbonyl (C=O) groups excluding carboxylic acids is 3. The lowest BCUT2D eigenvalue weighted by atomic mass is 9.81. The molecule has 0 radical (unpaired) electrons. The Morgan fingerprint density at radius 2 is 1.81 bits per heavy atom. The molecule has 2 aromatic rings. The van der Waals surface area contributed by atoms with Crippen LogP contribution in [0.1, 0.15) is 58.6 Å². The Balaban J connectivity index is 1.47. The molecule has 164 valence electrons. The molecule has 0 aromatic carbocycles. The van der Waals surface area contributed by atoms with Gasteiger partial charge >= 0.3 is 0 Å². The van der Waals surface area contributed by atoms with Crippen LogP contribution in [0.5, 0.6) is 0 Å². The molecule has 1 N–H and O–H groups in total. The summed E-state index contributed by atoms with van der Waals surface area (Å²) in [7, 11) is 0. The summed E-state index contributed by atoms with van der Waals surface area (Å²) in [6.45, 7) is 6.26. The number of imide groups is 1. The van der Waals surface area contributed by atoms with Crippen LogP contribution in [0.15, 0.2) is 30.5 Å². The van der Waals surface area contributed by atoms with E-state index >= 15 is 0 Å². The molecule has 1 saturated heterocycles. The van der Waals surface area contributed by atoms with Crippen molar-refractivity contribution >= 4 is 23.5 Å². The van der Waals surface area contributed by atoms with Crippen LogP contribution in [-0.2, 0) is 19.8 Å². The van der Waals surface area contributed by atoms with Crippen LogP contribution in [0, 0.1) is 11.8 Å². The van der Waals surface area contributed by atoms with Crippen molar-refractivity contribution in [1.29, 1.82) is 0 Å². The minimum Gasteiger partial charge on any atom is -0.310 e. The second-order valence-electron chi connectivity index (χ2n) is 9.39. The Morgan fingerprint density at radius 3 is 2.39 bits per heavy atom. The highest BCUT2D eigenvalue weighted by Gasteiger charge is 2.47. The van der Waals surface area contributed by atoms with Crippen LogP contribution >= 0.6 is 0 Å². The lowest BCUT2D eigenvalue weighted by Crippen LogP contribution is -2.34. The van der Waals surface area contributed by atoms with Crippen molar-refractivity contribution in [1.82, 2.24) is 19.7 Å². The van der Waals surface area contributed by atoms with Gasteiger partial charge in [0.1, 0.15) is 5.82 Å². The first-order chi connectivity index (χ1) is 14.8. The fourth-order valence-corrected chi connectivity index (χ4v) is 4.36. The van der Waals surface area contributed by atoms with Crippen molar-refractivity contribution in [3.63, 3.8) is 0 Å². The zero-order chi connectivity index (χ0) is 22.2. The Kier molecular flexibility index (Phi) is 5.64. The van der Waals surface area contributed by atoms with Crippen molar-refractivity contribution in [2.45, 2.75) is 58.3 Å². The summed E-state index contributed by atoms with van der Waals surface area (Å²) in [5.41, 5.74) is 0.618. The lowest BCUT2D eigenvalue weighted by molar-refractivity contribution is -0.140. The van der Waals surface area contributed by atoms with E-state index in [-0.39, 0.29) is 47.9 Å². The summed E-state index contributed by atoms with van der Waals surface area (Å²) in [4.78, 5) is 43.6. The summed E-state index contributed by atoms with van der Waals surface area (Å²) < 4.78 is 1.61. The van der Waals surface area contributed by atoms with Crippen molar-refractivity contribution in [3.8, 4) is 5.82 Å². The fourth-order valence-electron chi connectivity index (χ4n) is 4.36. The standard InChI is InChI=1S/C23H29N5O3/c1-23(2,3)17-14-19(28(26-17)18-10-6-7-12-24-18)25-20(29)11-13-27-21(30)15-8-4-5-9-16(15)22(27)31/h6-7,10,12,14-16H,4-5,8-9,11,13H2,1-3H3,(H,25,29). The largest absolute Gasteiger partial charge is 0.310 e. The van der Waals surface area contributed by atoms with Crippen molar-refractivity contribution in [2.75, 3.05) is 11.9 Å². The lowest BCUT2D eigenvalue weighted by Gasteiger charge is -2.19. The number of likely N-dealkylation sites (tertiary alicyclic amines) is 1. The van der Waals surface area contributed by atoms with Gasteiger partial charge in [0.05, 0.1) is 17.5 Å². The second-order valence-corrected chi connectivity index (χ2v) is 9.39. The monoisotopic (exact) mass is 423 g/mol. The van der Waals surface area contributed by atoms with Crippen LogP contribution in [0.25, 0.3) is 5.82 Å². The molecule has 4 rings (SSSR count). The van der Waals surface area contributed by atoms with Crippen LogP contribution in [0.4, 0.5) is 5.82 Å². The number of hydrogen-bond acceptors (Lipinski definition) is 5. The zero-order valence-electron chi connectivity index (χ0n) is 18.3. The van der Waals surface area contributed by atoms with Gasteiger partial charge in [-0.1, -0.05) is 39.7 Å². The third-order valence-corrected chi connectivity index (χ3v) is 6.11. The van der Waals surface area contributed by atoms with E-state index in [4.69, 9.17) is 0 Å². The Morgan fingerprint density at radius 1 is 1.13 bits per heavy atom. The third kappa shape index (κ3) is 4.24. The molecule has 1 saturated carbocycles. The van der Waals surface area contributed by atoms with Gasteiger partial charge in [-0.2, -0.15) is 9.78 Å². The molecule has 8 heteroatoms. The van der Waals surface area contributed by atoms with Gasteiger partial charge < -0.3 is 5.32 Å². The molecule has 3 amide bonds. The molecule has 2 atom stereocenters. The molecule has 2 aliphatic rings. The van der Waals surface area contributed by atoms with E-state index in [2.05, 4.69) is 15.4 Å². The molecule has 0 spiro atoms. The van der Waals surface area contributed by atoms with Crippen LogP contribution in [0.3, 0.4) is 0 Å². The number of rotatable bonds is 5. The normalized spacial score (nSPS) is 21.3. The molecule has 0 bridgehead atoms. The summed E-state index contributed by atoms with van der Waals surface area (Å²) >= 11 is 0. The average Bonchev–Trinajstić information content (AvgIpc) is 3.27. The first-order valence-electron chi connectivity index (χ1n) is 10.9. The molecule has 2 aromatic heterocycles. The van der Waals surface area contributed by atoms with E-state index in [0.29, 0.717) is 11.6 Å². The quantitative estimate of drug-likeness (QED) is 0.746. The number of hydrogen-bond donors (Lipinski definition) is 1. The number of fused-ring (bicyclic) bond motifs is 1. The first-order valence-corrected chi connectivity index (χ1v) is 10.9. The smallest absolute Gasteiger partial charge is 0.233 e. The summed E-state index contributed by atoms with van der Waals surface area (Å²) in [6, 6.07) is 7.33. The fraction of sp³-hybridized carbons (Fsp3) is 0.522. The predicted molar refractivity (Wildman–Crippen MR) is 115 cm³/mol. The van der Waals surface area contributed by atoms with Gasteiger partial charge in [-0.3, -0.25) is 19.3 Å². The van der Waals surface area contributed by atoms with Crippen LogP contribution in [0.2, 0.25) is 0 Å². The molecule has 1 aliphatic heterocycles. The maximum atomic E-state index is 12.7. The van der Waals surface area contributed by atoms with E-state index in [1.165, 1.54) is 4.90 Å². The topological polar surface area (TPSA) is 97.2 Å². The average molecular weight is 424 g/mol. The highest BCUT2D eigenvalue weighted by atomic mass is 16.2. The van der Waals surface area contributed by atoms with Crippen LogP contribution < -0.4 is 5.32 Å². The number of nitrogens with one attached hydrogen (secondary N) is 1. The summed E-state index contributed by atoms with van der Waals surface area (Å²) in [5, 5.41) is 7.53. The predicted octanol–water partition coefficient (Wildman–Crippen LogP) is 3.07. The van der Waals surface area contributed by atoms with Gasteiger partial charge in [-0.05, 0) is 25.0 Å². The van der Waals surface area contributed by atoms with E-state index in [0.717, 1.165) is 31.4 Å². The molecular weight excluding hydrogens is 394 g/mol. The van der Waals surface area contributed by atoms with Crippen molar-refractivity contribution in [2.24, 2.45) is 11.8 Å². The van der Waals surface area contributed by atoms with E-state index in [1.54, 1.807) is 10.9 Å². The number of nitrogens with zero attached hydrogens (tertiary/aromatic N) is 4. The van der Waals surface area contributed by atoms with Gasteiger partial charge in [0.15, 0.2) is 5.82 Å². The molecule has 3 heterocycles. The molecule has 1 aliphatic carbocycles. The maximum absolute atomic E-state index is 12.7. The number of pyridine rings is 1. The number of aromatic nitrogens is 3. The van der Waals surface area contributed by atoms with Gasteiger partial charge in [0, 0.05) is 30.6 Å². The summed E-state index contributed by atoms with van der Waals surface area (Å²) in [5.74, 6) is 0.234. The van der Waals surface area contributed by atoms with Gasteiger partial charge in [-0.15, -0.1) is 0 Å². The number of amides is 3. The Hall–Kier alpha value is -3.03. The molecule has 31 heavy (non-hydrogen) atoms. The highest BCUT2D eigenvalue weighted by Crippen LogP contribution is 2.38. The van der Waals surface area contributed by atoms with E-state index in [9.17, 15) is 14.4 Å². The molecule has 8 nitrogen and oxygen atoms in total. The molecule has 2 unspecified atom stereocenters. The van der Waals surface area contributed by atoms with Crippen molar-refractivity contribution < 1.29 is 14.4 Å². The molecular formula is C23H29N5O3. The van der Waals surface area contributed by atoms with Gasteiger partial charge in [0.2, 0.25) is 17.7 Å². The third-order valence-electron chi connectivity index (χ3n) is 6.11. The zero-order valence-corrected chi connectivity index (χ0v) is 18.3. The van der Waals surface area contributed by atoms with E-state index in [1.807, 2.05) is 45.0 Å². The second kappa shape index (κ2) is 8.24. The SMILES string of the molecule is CC(C)(C)c1cc(NC(=O)CCN2C(=O)C3CCCCC3C2=O)n(-c2ccccn2)n1. The molecule has 2 fully saturated rings. The minimum atomic E-state index is -0.270. The van der Waals surface area contributed by atoms with E-state index < -0.39 is 0 Å². The highest BCUT2D eigenvalue weighted by molar-refractivity contribution is 6.05. The number of anilines is 1. The van der Waals surface area contributed by atoms with Gasteiger partial charge in [-0.25, -0.2) is 4.98 Å². The first kappa shape index (κ1) is 21.2. The Labute approximate surface area is 182 Å². The summed E-state index contributed by atoms with van der Waals surface area (Å²) in [6.07, 6.45) is 5.25. The number of carbonyl (C=O) groups is 3. The maximum Gasteiger partial charge on any atom is 0.233 e. The van der Waals surface area contributed by atoms with Gasteiger partial charge in [0.25, 0.3) is 0 Å². The Bertz CT molecular complexity index is 968. The van der Waals surface area contributed by atoms with Crippen molar-refractivity contribution in [3.05, 3.63) is 36.2 Å². The van der Waals surface area contributed by atoms with Crippen LogP contribution in [-0.4, -0.2) is 43.9 Å². The minimum absolute atomic E-state index is 0.0508.